The number of nitrogens with one attached hydrogen (secondary N) is 3. The minimum atomic E-state index is -1.33. The van der Waals surface area contributed by atoms with Crippen LogP contribution in [-0.2, 0) is 4.79 Å². The Balaban J connectivity index is 1.67. The lowest BCUT2D eigenvalue weighted by Crippen LogP contribution is -3.16. The standard InChI is InChI=1S/C25H48N4O5/c1-3-26-17-25(34,15-24(32)33)11-10-20(16-30)8-6-4-5-7-9-21-22(29-13-12-27-18-29)14-23(31)19(2)28-21/h12,19-23,26,28,30-31,34H,3-11,13-18H2,1-2H3,(H,32,33)/t19-,20+,21+,22-,23+,25+/m0/s1. The van der Waals surface area contributed by atoms with Gasteiger partial charge >= 0.3 is 0 Å². The number of carbonyl (C=O) groups excluding carboxylic acids is 1. The van der Waals surface area contributed by atoms with Gasteiger partial charge in [-0.2, -0.15) is 0 Å². The molecular weight excluding hydrogens is 436 g/mol. The van der Waals surface area contributed by atoms with Gasteiger partial charge in [-0.25, -0.2) is 4.99 Å². The van der Waals surface area contributed by atoms with Crippen molar-refractivity contribution in [3.05, 3.63) is 0 Å². The maximum Gasteiger partial charge on any atom is 0.171 e. The number of aliphatic hydroxyl groups is 3. The summed E-state index contributed by atoms with van der Waals surface area (Å²) in [5.41, 5.74) is -1.33. The number of aliphatic imine (C=N–C) groups is 1. The summed E-state index contributed by atoms with van der Waals surface area (Å²) in [6, 6.07) is 0.922. The lowest BCUT2D eigenvalue weighted by Gasteiger charge is -2.41. The summed E-state index contributed by atoms with van der Waals surface area (Å²) in [4.78, 5) is 16.9. The summed E-state index contributed by atoms with van der Waals surface area (Å²) in [5, 5.41) is 48.5. The number of rotatable bonds is 17. The summed E-state index contributed by atoms with van der Waals surface area (Å²) in [6.07, 6.45) is 9.39. The first-order valence-corrected chi connectivity index (χ1v) is 13.3. The number of piperidine rings is 1. The number of unbranched alkanes of at least 4 members (excludes halogenated alkanes) is 3. The molecule has 2 rings (SSSR count). The average molecular weight is 485 g/mol. The molecule has 0 aliphatic carbocycles. The molecule has 0 amide bonds. The molecule has 0 radical (unpaired) electrons. The summed E-state index contributed by atoms with van der Waals surface area (Å²) in [6.45, 7) is 6.64. The Morgan fingerprint density at radius 1 is 1.32 bits per heavy atom. The van der Waals surface area contributed by atoms with Crippen LogP contribution in [-0.4, -0.2) is 90.2 Å². The molecule has 0 spiro atoms. The maximum atomic E-state index is 11.0. The first-order chi connectivity index (χ1) is 16.3. The molecule has 0 bridgehead atoms. The third kappa shape index (κ3) is 9.87. The Labute approximate surface area is 205 Å². The fraction of sp³-hybridized carbons (Fsp3) is 0.920. The molecule has 2 heterocycles. The number of nitrogens with zero attached hydrogens (tertiary/aromatic N) is 1. The Morgan fingerprint density at radius 3 is 2.74 bits per heavy atom. The molecule has 1 saturated heterocycles. The minimum absolute atomic E-state index is 0.0528. The second-order valence-corrected chi connectivity index (χ2v) is 10.5. The van der Waals surface area contributed by atoms with E-state index in [1.807, 2.05) is 13.1 Å². The van der Waals surface area contributed by atoms with Gasteiger partial charge in [-0.05, 0) is 45.1 Å². The Morgan fingerprint density at radius 2 is 2.09 bits per heavy atom. The van der Waals surface area contributed by atoms with Crippen molar-refractivity contribution in [3.63, 3.8) is 0 Å². The topological polar surface area (TPSA) is 142 Å². The van der Waals surface area contributed by atoms with Gasteiger partial charge in [0.25, 0.3) is 0 Å². The highest BCUT2D eigenvalue weighted by Gasteiger charge is 2.39. The van der Waals surface area contributed by atoms with Gasteiger partial charge in [0, 0.05) is 38.0 Å². The van der Waals surface area contributed by atoms with E-state index in [0.717, 1.165) is 58.2 Å². The predicted octanol–water partition coefficient (Wildman–Crippen LogP) is -1.40. The van der Waals surface area contributed by atoms with Crippen LogP contribution >= 0.6 is 0 Å². The normalized spacial score (nSPS) is 29.7. The number of likely N-dealkylation sites (N-methyl/N-ethyl adjacent to an activating group) is 1. The maximum absolute atomic E-state index is 11.0. The molecule has 6 N–H and O–H groups in total. The van der Waals surface area contributed by atoms with E-state index in [-0.39, 0.29) is 31.2 Å². The summed E-state index contributed by atoms with van der Waals surface area (Å²) < 4.78 is 0. The van der Waals surface area contributed by atoms with Gasteiger partial charge < -0.3 is 40.8 Å². The summed E-state index contributed by atoms with van der Waals surface area (Å²) in [5.74, 6) is -1.18. The third-order valence-corrected chi connectivity index (χ3v) is 7.67. The molecule has 0 aromatic carbocycles. The number of aliphatic carboxylic acids is 1. The number of hydrogen-bond donors (Lipinski definition) is 6. The third-order valence-electron chi connectivity index (χ3n) is 7.67. The average Bonchev–Trinajstić information content (AvgIpc) is 3.33. The highest BCUT2D eigenvalue weighted by molar-refractivity contribution is 5.65. The number of carboxylic acids is 1. The van der Waals surface area contributed by atoms with Crippen LogP contribution in [0.5, 0.6) is 0 Å². The molecule has 9 nitrogen and oxygen atoms in total. The second kappa shape index (κ2) is 15.1. The Bertz CT molecular complexity index is 614. The lowest BCUT2D eigenvalue weighted by atomic mass is 9.86. The molecule has 1 fully saturated rings. The van der Waals surface area contributed by atoms with Crippen molar-refractivity contribution in [3.8, 4) is 0 Å². The molecule has 2 aliphatic rings. The summed E-state index contributed by atoms with van der Waals surface area (Å²) in [7, 11) is 0. The van der Waals surface area contributed by atoms with Crippen LogP contribution < -0.4 is 20.6 Å². The van der Waals surface area contributed by atoms with Crippen LogP contribution in [0.3, 0.4) is 0 Å². The number of hydrogen-bond acceptors (Lipinski definition) is 8. The Hall–Kier alpha value is -1.10. The SMILES string of the molecule is CCNC[C@@](O)(CC[C@H](CO)CCCCCC[C@H]1N[C@@H](C)[C@H](O)C[C@@H]1[NH+]1CC=NC1)CC(=O)[O-]. The van der Waals surface area contributed by atoms with Crippen molar-refractivity contribution in [1.29, 1.82) is 0 Å². The van der Waals surface area contributed by atoms with Gasteiger partial charge in [-0.15, -0.1) is 0 Å². The van der Waals surface area contributed by atoms with E-state index in [9.17, 15) is 25.2 Å². The van der Waals surface area contributed by atoms with Crippen molar-refractivity contribution in [2.24, 2.45) is 10.9 Å². The van der Waals surface area contributed by atoms with E-state index >= 15 is 0 Å². The first kappa shape index (κ1) is 29.1. The number of aliphatic hydroxyl groups excluding tert-OH is 2. The van der Waals surface area contributed by atoms with Crippen LogP contribution in [0.25, 0.3) is 0 Å². The largest absolute Gasteiger partial charge is 0.550 e. The van der Waals surface area contributed by atoms with Gasteiger partial charge in [0.1, 0.15) is 12.6 Å². The number of quaternary nitrogens is 1. The lowest BCUT2D eigenvalue weighted by molar-refractivity contribution is -0.914. The van der Waals surface area contributed by atoms with Gasteiger partial charge in [0.2, 0.25) is 0 Å². The van der Waals surface area contributed by atoms with E-state index in [0.29, 0.717) is 31.5 Å². The molecular formula is C25H48N4O5. The van der Waals surface area contributed by atoms with Crippen molar-refractivity contribution < 1.29 is 30.1 Å². The smallest absolute Gasteiger partial charge is 0.171 e. The van der Waals surface area contributed by atoms with Crippen molar-refractivity contribution in [2.45, 2.75) is 108 Å². The van der Waals surface area contributed by atoms with Crippen molar-refractivity contribution in [1.82, 2.24) is 10.6 Å². The van der Waals surface area contributed by atoms with Crippen molar-refractivity contribution in [2.75, 3.05) is 32.9 Å². The number of carboxylic acid groups (broad SMARTS) is 1. The highest BCUT2D eigenvalue weighted by Crippen LogP contribution is 2.24. The summed E-state index contributed by atoms with van der Waals surface area (Å²) >= 11 is 0. The number of carbonyl (C=O) groups is 1. The molecule has 0 aromatic rings. The van der Waals surface area contributed by atoms with Gasteiger partial charge in [0.15, 0.2) is 6.67 Å². The van der Waals surface area contributed by atoms with Crippen LogP contribution in [0.2, 0.25) is 0 Å². The van der Waals surface area contributed by atoms with E-state index in [2.05, 4.69) is 22.5 Å². The molecule has 198 valence electrons. The highest BCUT2D eigenvalue weighted by atomic mass is 16.4. The fourth-order valence-electron chi connectivity index (χ4n) is 5.44. The molecule has 34 heavy (non-hydrogen) atoms. The fourth-order valence-corrected chi connectivity index (χ4v) is 5.44. The quantitative estimate of drug-likeness (QED) is 0.140. The van der Waals surface area contributed by atoms with Gasteiger partial charge in [-0.1, -0.05) is 32.6 Å². The minimum Gasteiger partial charge on any atom is -0.550 e. The van der Waals surface area contributed by atoms with Crippen molar-refractivity contribution >= 4 is 12.2 Å². The molecule has 9 heteroatoms. The first-order valence-electron chi connectivity index (χ1n) is 13.3. The zero-order valence-electron chi connectivity index (χ0n) is 21.2. The van der Waals surface area contributed by atoms with E-state index in [4.69, 9.17) is 0 Å². The molecule has 0 aromatic heterocycles. The monoisotopic (exact) mass is 484 g/mol. The zero-order chi connectivity index (χ0) is 25.0. The van der Waals surface area contributed by atoms with Gasteiger partial charge in [0.05, 0.1) is 24.0 Å². The van der Waals surface area contributed by atoms with Gasteiger partial charge in [-0.3, -0.25) is 0 Å². The predicted molar refractivity (Wildman–Crippen MR) is 131 cm³/mol. The molecule has 2 aliphatic heterocycles. The second-order valence-electron chi connectivity index (χ2n) is 10.5. The molecule has 7 atom stereocenters. The molecule has 0 saturated carbocycles. The zero-order valence-corrected chi connectivity index (χ0v) is 21.2. The van der Waals surface area contributed by atoms with E-state index in [1.54, 1.807) is 0 Å². The molecule has 1 unspecified atom stereocenters. The van der Waals surface area contributed by atoms with Crippen LogP contribution in [0.1, 0.15) is 78.1 Å². The van der Waals surface area contributed by atoms with Crippen LogP contribution in [0.4, 0.5) is 0 Å². The van der Waals surface area contributed by atoms with E-state index < -0.39 is 18.0 Å². The Kier molecular flexibility index (Phi) is 12.9. The van der Waals surface area contributed by atoms with Crippen LogP contribution in [0, 0.1) is 5.92 Å². The van der Waals surface area contributed by atoms with E-state index in [1.165, 1.54) is 4.90 Å². The van der Waals surface area contributed by atoms with Crippen LogP contribution in [0.15, 0.2) is 4.99 Å².